The quantitative estimate of drug-likeness (QED) is 0.380. The van der Waals surface area contributed by atoms with Gasteiger partial charge in [0.05, 0.1) is 0 Å². The maximum Gasteiger partial charge on any atom is 0.174 e. The first-order valence-corrected chi connectivity index (χ1v) is 10.2. The fourth-order valence-electron chi connectivity index (χ4n) is 2.90. The van der Waals surface area contributed by atoms with Crippen molar-refractivity contribution in [3.05, 3.63) is 78.4 Å². The zero-order valence-corrected chi connectivity index (χ0v) is 16.4. The van der Waals surface area contributed by atoms with Crippen molar-refractivity contribution in [1.29, 1.82) is 0 Å². The van der Waals surface area contributed by atoms with Crippen LogP contribution in [0.3, 0.4) is 0 Å². The first kappa shape index (κ1) is 18.5. The molecule has 3 aromatic rings. The molecule has 0 aliphatic rings. The molecule has 3 rings (SSSR count). The number of benzene rings is 2. The van der Waals surface area contributed by atoms with E-state index in [4.69, 9.17) is 4.74 Å². The topological polar surface area (TPSA) is 9.23 Å². The van der Waals surface area contributed by atoms with Crippen LogP contribution in [0.25, 0.3) is 21.6 Å². The number of hydrogen-bond acceptors (Lipinski definition) is 2. The molecule has 0 aliphatic heterocycles. The molecule has 0 atom stereocenters. The van der Waals surface area contributed by atoms with Gasteiger partial charge < -0.3 is 4.74 Å². The Balaban J connectivity index is 1.67. The lowest BCUT2D eigenvalue weighted by molar-refractivity contribution is 0.373. The summed E-state index contributed by atoms with van der Waals surface area (Å²) in [6.45, 7) is 4.99. The number of hydrogen-bond donors (Lipinski definition) is 0. The maximum atomic E-state index is 5.77. The Morgan fingerprint density at radius 1 is 0.769 bits per heavy atom. The molecule has 26 heavy (non-hydrogen) atoms. The van der Waals surface area contributed by atoms with Crippen LogP contribution in [0.1, 0.15) is 32.3 Å². The highest BCUT2D eigenvalue weighted by atomic mass is 32.1. The minimum atomic E-state index is 0.640. The van der Waals surface area contributed by atoms with Gasteiger partial charge in [0.25, 0.3) is 0 Å². The summed E-state index contributed by atoms with van der Waals surface area (Å²) in [5, 5.41) is 0.969. The first-order chi connectivity index (χ1) is 12.8. The van der Waals surface area contributed by atoms with Gasteiger partial charge in [-0.2, -0.15) is 0 Å². The minimum absolute atomic E-state index is 0.640. The van der Waals surface area contributed by atoms with Crippen molar-refractivity contribution in [2.24, 2.45) is 0 Å². The summed E-state index contributed by atoms with van der Waals surface area (Å²) in [6, 6.07) is 21.9. The maximum absolute atomic E-state index is 5.77. The van der Waals surface area contributed by atoms with Crippen LogP contribution in [0.15, 0.2) is 72.8 Å². The number of ether oxygens (including phenoxy) is 1. The largest absolute Gasteiger partial charge is 0.480 e. The zero-order chi connectivity index (χ0) is 18.2. The molecule has 0 saturated heterocycles. The van der Waals surface area contributed by atoms with Gasteiger partial charge in [0.15, 0.2) is 5.06 Å². The normalized spacial score (nSPS) is 11.2. The molecule has 0 N–H and O–H groups in total. The third-order valence-electron chi connectivity index (χ3n) is 4.30. The van der Waals surface area contributed by atoms with E-state index in [9.17, 15) is 0 Å². The number of thiophene rings is 1. The first-order valence-electron chi connectivity index (χ1n) is 9.37. The van der Waals surface area contributed by atoms with Gasteiger partial charge in [-0.15, -0.1) is 0 Å². The lowest BCUT2D eigenvalue weighted by Crippen LogP contribution is -1.89. The Bertz CT molecular complexity index is 825. The molecule has 0 aliphatic carbocycles. The second kappa shape index (κ2) is 9.40. The van der Waals surface area contributed by atoms with Crippen LogP contribution < -0.4 is 4.74 Å². The molecule has 0 radical (unpaired) electrons. The molecule has 0 spiro atoms. The van der Waals surface area contributed by atoms with Gasteiger partial charge in [-0.1, -0.05) is 92.3 Å². The van der Waals surface area contributed by atoms with Crippen molar-refractivity contribution in [3.8, 4) is 26.6 Å². The van der Waals surface area contributed by atoms with Crippen LogP contribution in [0.4, 0.5) is 0 Å². The minimum Gasteiger partial charge on any atom is -0.480 e. The van der Waals surface area contributed by atoms with Crippen molar-refractivity contribution in [1.82, 2.24) is 0 Å². The molecule has 1 nitrogen and oxygen atoms in total. The summed E-state index contributed by atoms with van der Waals surface area (Å²) >= 11 is 1.70. The van der Waals surface area contributed by atoms with E-state index in [-0.39, 0.29) is 0 Å². The lowest BCUT2D eigenvalue weighted by Gasteiger charge is -2.05. The Kier molecular flexibility index (Phi) is 6.68. The third-order valence-corrected chi connectivity index (χ3v) is 5.35. The molecule has 2 aromatic carbocycles. The summed E-state index contributed by atoms with van der Waals surface area (Å²) in [5.41, 5.74) is 5.18. The zero-order valence-electron chi connectivity index (χ0n) is 15.6. The molecule has 0 amide bonds. The SMILES string of the molecule is CCC=CCOc1ccc(-c2ccc(-c3ccc(CCC)cc3)cc2)s1. The van der Waals surface area contributed by atoms with Gasteiger partial charge >= 0.3 is 0 Å². The van der Waals surface area contributed by atoms with E-state index in [2.05, 4.69) is 86.7 Å². The highest BCUT2D eigenvalue weighted by Crippen LogP contribution is 2.34. The molecule has 0 fully saturated rings. The van der Waals surface area contributed by atoms with Crippen LogP contribution in [-0.4, -0.2) is 6.61 Å². The van der Waals surface area contributed by atoms with Gasteiger partial charge in [-0.05, 0) is 47.2 Å². The Morgan fingerprint density at radius 3 is 2.08 bits per heavy atom. The number of allylic oxidation sites excluding steroid dienone is 1. The molecule has 2 heteroatoms. The fourth-order valence-corrected chi connectivity index (χ4v) is 3.77. The van der Waals surface area contributed by atoms with Gasteiger partial charge in [-0.3, -0.25) is 0 Å². The standard InChI is InChI=1S/C24H26OS/c1-3-5-6-18-25-24-17-16-23(26-24)22-14-12-21(13-15-22)20-10-8-19(7-4-2)9-11-20/h5-6,8-17H,3-4,7,18H2,1-2H3. The molecular weight excluding hydrogens is 336 g/mol. The molecule has 0 bridgehead atoms. The Morgan fingerprint density at radius 2 is 1.42 bits per heavy atom. The predicted octanol–water partition coefficient (Wildman–Crippen LogP) is 7.38. The van der Waals surface area contributed by atoms with Crippen LogP contribution in [0.2, 0.25) is 0 Å². The van der Waals surface area contributed by atoms with Gasteiger partial charge in [0, 0.05) is 4.88 Å². The van der Waals surface area contributed by atoms with E-state index in [0.29, 0.717) is 6.61 Å². The van der Waals surface area contributed by atoms with Gasteiger partial charge in [0.1, 0.15) is 6.61 Å². The van der Waals surface area contributed by atoms with Gasteiger partial charge in [-0.25, -0.2) is 0 Å². The molecule has 0 saturated carbocycles. The van der Waals surface area contributed by atoms with Crippen LogP contribution in [0.5, 0.6) is 5.06 Å². The van der Waals surface area contributed by atoms with Crippen molar-refractivity contribution in [2.45, 2.75) is 33.1 Å². The summed E-state index contributed by atoms with van der Waals surface area (Å²) in [7, 11) is 0. The van der Waals surface area contributed by atoms with Crippen LogP contribution in [0, 0.1) is 0 Å². The Labute approximate surface area is 161 Å². The van der Waals surface area contributed by atoms with E-state index in [1.165, 1.54) is 33.6 Å². The average molecular weight is 363 g/mol. The molecule has 1 heterocycles. The van der Waals surface area contributed by atoms with E-state index in [1.807, 2.05) is 0 Å². The second-order valence-electron chi connectivity index (χ2n) is 6.33. The molecule has 1 aromatic heterocycles. The molecular formula is C24H26OS. The van der Waals surface area contributed by atoms with E-state index < -0.39 is 0 Å². The summed E-state index contributed by atoms with van der Waals surface area (Å²) in [4.78, 5) is 1.24. The highest BCUT2D eigenvalue weighted by Gasteiger charge is 2.05. The van der Waals surface area contributed by atoms with Crippen LogP contribution in [-0.2, 0) is 6.42 Å². The van der Waals surface area contributed by atoms with Crippen molar-refractivity contribution < 1.29 is 4.74 Å². The molecule has 0 unspecified atom stereocenters. The van der Waals surface area contributed by atoms with E-state index in [1.54, 1.807) is 11.3 Å². The average Bonchev–Trinajstić information content (AvgIpc) is 3.15. The van der Waals surface area contributed by atoms with Gasteiger partial charge in [0.2, 0.25) is 0 Å². The van der Waals surface area contributed by atoms with E-state index >= 15 is 0 Å². The van der Waals surface area contributed by atoms with Crippen molar-refractivity contribution in [2.75, 3.05) is 6.61 Å². The lowest BCUT2D eigenvalue weighted by atomic mass is 10.0. The molecule has 134 valence electrons. The fraction of sp³-hybridized carbons (Fsp3) is 0.250. The third kappa shape index (κ3) is 4.86. The number of rotatable bonds is 8. The summed E-state index contributed by atoms with van der Waals surface area (Å²) in [6.07, 6.45) is 7.58. The van der Waals surface area contributed by atoms with Crippen LogP contribution >= 0.6 is 11.3 Å². The predicted molar refractivity (Wildman–Crippen MR) is 114 cm³/mol. The summed E-state index contributed by atoms with van der Waals surface area (Å²) < 4.78 is 5.77. The second-order valence-corrected chi connectivity index (χ2v) is 7.38. The van der Waals surface area contributed by atoms with Crippen molar-refractivity contribution >= 4 is 11.3 Å². The van der Waals surface area contributed by atoms with E-state index in [0.717, 1.165) is 17.9 Å². The van der Waals surface area contributed by atoms with Crippen molar-refractivity contribution in [3.63, 3.8) is 0 Å². The highest BCUT2D eigenvalue weighted by molar-refractivity contribution is 7.17. The Hall–Kier alpha value is -2.32. The monoisotopic (exact) mass is 362 g/mol. The summed E-state index contributed by atoms with van der Waals surface area (Å²) in [5.74, 6) is 0. The number of aryl methyl sites for hydroxylation is 1. The smallest absolute Gasteiger partial charge is 0.174 e.